The lowest BCUT2D eigenvalue weighted by molar-refractivity contribution is 0.114. The molecule has 19 heavy (non-hydrogen) atoms. The second kappa shape index (κ2) is 11.0. The zero-order valence-electron chi connectivity index (χ0n) is 12.1. The molecule has 0 fully saturated rings. The van der Waals surface area contributed by atoms with Gasteiger partial charge in [0.2, 0.25) is 0 Å². The molecule has 0 aliphatic rings. The second-order valence-corrected chi connectivity index (χ2v) is 4.76. The number of aliphatic hydroxyl groups is 1. The fourth-order valence-electron chi connectivity index (χ4n) is 2.03. The van der Waals surface area contributed by atoms with Gasteiger partial charge in [-0.15, -0.1) is 0 Å². The van der Waals surface area contributed by atoms with Crippen LogP contribution in [0.1, 0.15) is 31.7 Å². The van der Waals surface area contributed by atoms with Crippen molar-refractivity contribution in [2.75, 3.05) is 32.8 Å². The van der Waals surface area contributed by atoms with Crippen molar-refractivity contribution in [1.29, 1.82) is 0 Å². The lowest BCUT2D eigenvalue weighted by Crippen LogP contribution is -2.26. The quantitative estimate of drug-likeness (QED) is 0.624. The highest BCUT2D eigenvalue weighted by Crippen LogP contribution is 2.02. The van der Waals surface area contributed by atoms with E-state index in [1.165, 1.54) is 5.56 Å². The summed E-state index contributed by atoms with van der Waals surface area (Å²) in [6.45, 7) is 7.16. The first kappa shape index (κ1) is 16.2. The van der Waals surface area contributed by atoms with Crippen molar-refractivity contribution in [3.05, 3.63) is 35.9 Å². The van der Waals surface area contributed by atoms with Crippen molar-refractivity contribution in [2.24, 2.45) is 0 Å². The standard InChI is InChI=1S/C16H27NO2/c1-2-17(12-8-13-18)11-6-7-14-19-15-16-9-4-3-5-10-16/h3-5,9-10,18H,2,6-8,11-15H2,1H3. The van der Waals surface area contributed by atoms with Crippen LogP contribution in [0.25, 0.3) is 0 Å². The molecule has 1 N–H and O–H groups in total. The first-order valence-electron chi connectivity index (χ1n) is 7.31. The van der Waals surface area contributed by atoms with Crippen LogP contribution in [-0.2, 0) is 11.3 Å². The summed E-state index contributed by atoms with van der Waals surface area (Å²) in [5.41, 5.74) is 1.24. The Labute approximate surface area is 117 Å². The van der Waals surface area contributed by atoms with Crippen molar-refractivity contribution in [3.8, 4) is 0 Å². The van der Waals surface area contributed by atoms with Crippen LogP contribution in [-0.4, -0.2) is 42.9 Å². The predicted molar refractivity (Wildman–Crippen MR) is 79.1 cm³/mol. The van der Waals surface area contributed by atoms with Crippen molar-refractivity contribution in [1.82, 2.24) is 4.90 Å². The minimum absolute atomic E-state index is 0.288. The molecule has 0 atom stereocenters. The summed E-state index contributed by atoms with van der Waals surface area (Å²) in [6.07, 6.45) is 3.13. The van der Waals surface area contributed by atoms with Gasteiger partial charge in [-0.1, -0.05) is 37.3 Å². The van der Waals surface area contributed by atoms with E-state index >= 15 is 0 Å². The third kappa shape index (κ3) is 7.98. The van der Waals surface area contributed by atoms with Crippen LogP contribution in [0, 0.1) is 0 Å². The fourth-order valence-corrected chi connectivity index (χ4v) is 2.03. The number of hydrogen-bond donors (Lipinski definition) is 1. The minimum Gasteiger partial charge on any atom is -0.396 e. The molecule has 0 saturated carbocycles. The molecule has 0 aromatic heterocycles. The average Bonchev–Trinajstić information content (AvgIpc) is 2.47. The molecule has 0 aliphatic heterocycles. The molecule has 0 bridgehead atoms. The summed E-state index contributed by atoms with van der Waals surface area (Å²) >= 11 is 0. The highest BCUT2D eigenvalue weighted by Gasteiger charge is 2.01. The highest BCUT2D eigenvalue weighted by molar-refractivity contribution is 5.13. The molecule has 0 saturated heterocycles. The van der Waals surface area contributed by atoms with Crippen LogP contribution in [0.3, 0.4) is 0 Å². The van der Waals surface area contributed by atoms with E-state index in [4.69, 9.17) is 9.84 Å². The molecule has 1 aromatic carbocycles. The van der Waals surface area contributed by atoms with Gasteiger partial charge in [-0.3, -0.25) is 0 Å². The van der Waals surface area contributed by atoms with E-state index in [0.717, 1.165) is 45.5 Å². The summed E-state index contributed by atoms with van der Waals surface area (Å²) in [5, 5.41) is 8.81. The lowest BCUT2D eigenvalue weighted by atomic mass is 10.2. The first-order chi connectivity index (χ1) is 9.36. The van der Waals surface area contributed by atoms with Crippen LogP contribution in [0.4, 0.5) is 0 Å². The minimum atomic E-state index is 0.288. The zero-order chi connectivity index (χ0) is 13.8. The SMILES string of the molecule is CCN(CCCO)CCCCOCc1ccccc1. The summed E-state index contributed by atoms with van der Waals surface area (Å²) in [5.74, 6) is 0. The first-order valence-corrected chi connectivity index (χ1v) is 7.31. The summed E-state index contributed by atoms with van der Waals surface area (Å²) in [6, 6.07) is 10.3. The summed E-state index contributed by atoms with van der Waals surface area (Å²) < 4.78 is 5.66. The third-order valence-electron chi connectivity index (χ3n) is 3.20. The smallest absolute Gasteiger partial charge is 0.0716 e. The number of nitrogens with zero attached hydrogens (tertiary/aromatic N) is 1. The number of aliphatic hydroxyl groups excluding tert-OH is 1. The maximum Gasteiger partial charge on any atom is 0.0716 e. The van der Waals surface area contributed by atoms with Crippen molar-refractivity contribution in [3.63, 3.8) is 0 Å². The van der Waals surface area contributed by atoms with E-state index in [-0.39, 0.29) is 6.61 Å². The van der Waals surface area contributed by atoms with Gasteiger partial charge in [-0.25, -0.2) is 0 Å². The van der Waals surface area contributed by atoms with Crippen LogP contribution in [0.2, 0.25) is 0 Å². The monoisotopic (exact) mass is 265 g/mol. The fraction of sp³-hybridized carbons (Fsp3) is 0.625. The van der Waals surface area contributed by atoms with E-state index in [0.29, 0.717) is 6.61 Å². The largest absolute Gasteiger partial charge is 0.396 e. The topological polar surface area (TPSA) is 32.7 Å². The van der Waals surface area contributed by atoms with Gasteiger partial charge in [0.15, 0.2) is 0 Å². The van der Waals surface area contributed by atoms with E-state index in [1.807, 2.05) is 18.2 Å². The molecule has 0 radical (unpaired) electrons. The number of hydrogen-bond acceptors (Lipinski definition) is 3. The summed E-state index contributed by atoms with van der Waals surface area (Å²) in [7, 11) is 0. The lowest BCUT2D eigenvalue weighted by Gasteiger charge is -2.19. The highest BCUT2D eigenvalue weighted by atomic mass is 16.5. The van der Waals surface area contributed by atoms with Gasteiger partial charge in [0.05, 0.1) is 6.61 Å². The maximum atomic E-state index is 8.81. The molecule has 0 spiro atoms. The Balaban J connectivity index is 1.98. The van der Waals surface area contributed by atoms with Crippen molar-refractivity contribution < 1.29 is 9.84 Å². The number of benzene rings is 1. The van der Waals surface area contributed by atoms with Gasteiger partial charge in [-0.2, -0.15) is 0 Å². The molecule has 0 unspecified atom stereocenters. The zero-order valence-corrected chi connectivity index (χ0v) is 12.1. The van der Waals surface area contributed by atoms with Crippen LogP contribution in [0.15, 0.2) is 30.3 Å². The molecule has 1 aromatic rings. The third-order valence-corrected chi connectivity index (χ3v) is 3.20. The van der Waals surface area contributed by atoms with E-state index in [1.54, 1.807) is 0 Å². The Morgan fingerprint density at radius 2 is 1.79 bits per heavy atom. The molecule has 0 amide bonds. The Morgan fingerprint density at radius 1 is 1.05 bits per heavy atom. The van der Waals surface area contributed by atoms with E-state index in [9.17, 15) is 0 Å². The van der Waals surface area contributed by atoms with Gasteiger partial charge in [0.1, 0.15) is 0 Å². The van der Waals surface area contributed by atoms with Crippen LogP contribution in [0.5, 0.6) is 0 Å². The van der Waals surface area contributed by atoms with E-state index < -0.39 is 0 Å². The number of rotatable bonds is 11. The van der Waals surface area contributed by atoms with Crippen LogP contribution >= 0.6 is 0 Å². The van der Waals surface area contributed by atoms with Gasteiger partial charge in [-0.05, 0) is 37.9 Å². The Morgan fingerprint density at radius 3 is 2.47 bits per heavy atom. The molecular formula is C16H27NO2. The Hall–Kier alpha value is -0.900. The Bertz CT molecular complexity index is 303. The molecule has 0 heterocycles. The van der Waals surface area contributed by atoms with E-state index in [2.05, 4.69) is 24.0 Å². The molecule has 3 nitrogen and oxygen atoms in total. The van der Waals surface area contributed by atoms with Gasteiger partial charge in [0, 0.05) is 19.8 Å². The van der Waals surface area contributed by atoms with Gasteiger partial charge < -0.3 is 14.7 Å². The molecule has 108 valence electrons. The Kier molecular flexibility index (Phi) is 9.33. The van der Waals surface area contributed by atoms with Crippen molar-refractivity contribution in [2.45, 2.75) is 32.8 Å². The number of unbranched alkanes of at least 4 members (excludes halogenated alkanes) is 1. The average molecular weight is 265 g/mol. The molecule has 1 rings (SSSR count). The molecule has 0 aliphatic carbocycles. The van der Waals surface area contributed by atoms with Crippen LogP contribution < -0.4 is 0 Å². The second-order valence-electron chi connectivity index (χ2n) is 4.76. The number of ether oxygens (including phenoxy) is 1. The maximum absolute atomic E-state index is 8.81. The summed E-state index contributed by atoms with van der Waals surface area (Å²) in [4.78, 5) is 2.38. The molecule has 3 heteroatoms. The normalized spacial score (nSPS) is 11.1. The van der Waals surface area contributed by atoms with Gasteiger partial charge in [0.25, 0.3) is 0 Å². The van der Waals surface area contributed by atoms with Crippen molar-refractivity contribution >= 4 is 0 Å². The van der Waals surface area contributed by atoms with Gasteiger partial charge >= 0.3 is 0 Å². The molecular weight excluding hydrogens is 238 g/mol. The predicted octanol–water partition coefficient (Wildman–Crippen LogP) is 2.69.